The van der Waals surface area contributed by atoms with E-state index in [0.29, 0.717) is 48.3 Å². The van der Waals surface area contributed by atoms with Crippen molar-refractivity contribution in [2.45, 2.75) is 36.2 Å². The van der Waals surface area contributed by atoms with Crippen molar-refractivity contribution in [1.29, 1.82) is 0 Å². The molecule has 34 heavy (non-hydrogen) atoms. The van der Waals surface area contributed by atoms with Crippen molar-refractivity contribution in [1.82, 2.24) is 14.9 Å². The van der Waals surface area contributed by atoms with E-state index in [-0.39, 0.29) is 11.3 Å². The van der Waals surface area contributed by atoms with E-state index >= 15 is 0 Å². The second-order valence-corrected chi connectivity index (χ2v) is 9.20. The van der Waals surface area contributed by atoms with E-state index in [0.717, 1.165) is 17.7 Å². The van der Waals surface area contributed by atoms with E-state index in [1.165, 1.54) is 17.8 Å². The molecule has 0 amide bonds. The number of halogens is 5. The minimum Gasteiger partial charge on any atom is -0.457 e. The lowest BCUT2D eigenvalue weighted by Crippen LogP contribution is -2.25. The molecule has 0 bridgehead atoms. The van der Waals surface area contributed by atoms with Gasteiger partial charge < -0.3 is 9.72 Å². The molecule has 0 aliphatic carbocycles. The molecule has 1 fully saturated rings. The lowest BCUT2D eigenvalue weighted by atomic mass is 10.2. The van der Waals surface area contributed by atoms with Crippen LogP contribution in [0.3, 0.4) is 0 Å². The molecule has 0 spiro atoms. The highest BCUT2D eigenvalue weighted by Crippen LogP contribution is 2.37. The molecule has 2 heterocycles. The number of likely N-dealkylation sites (tertiary alicyclic amines) is 1. The summed E-state index contributed by atoms with van der Waals surface area (Å²) < 4.78 is 57.9. The van der Waals surface area contributed by atoms with Gasteiger partial charge in [0.2, 0.25) is 0 Å². The molecule has 5 nitrogen and oxygen atoms in total. The lowest BCUT2D eigenvalue weighted by Gasteiger charge is -2.13. The summed E-state index contributed by atoms with van der Waals surface area (Å²) in [5.74, 6) is 0.909. The van der Waals surface area contributed by atoms with Crippen LogP contribution in [0.2, 0.25) is 5.02 Å². The Morgan fingerprint density at radius 3 is 2.56 bits per heavy atom. The Morgan fingerprint density at radius 1 is 1.18 bits per heavy atom. The van der Waals surface area contributed by atoms with Gasteiger partial charge in [0.1, 0.15) is 17.7 Å². The molecule has 0 unspecified atom stereocenters. The van der Waals surface area contributed by atoms with Gasteiger partial charge in [-0.2, -0.15) is 18.2 Å². The first kappa shape index (κ1) is 24.6. The second kappa shape index (κ2) is 10.4. The van der Waals surface area contributed by atoms with E-state index in [2.05, 4.69) is 9.97 Å². The van der Waals surface area contributed by atoms with Crippen molar-refractivity contribution in [2.24, 2.45) is 0 Å². The highest BCUT2D eigenvalue weighted by atomic mass is 35.5. The van der Waals surface area contributed by atoms with Gasteiger partial charge in [-0.25, -0.2) is 4.39 Å². The quantitative estimate of drug-likeness (QED) is 0.236. The van der Waals surface area contributed by atoms with Gasteiger partial charge in [-0.15, -0.1) is 0 Å². The van der Waals surface area contributed by atoms with Crippen LogP contribution in [0.5, 0.6) is 11.5 Å². The molecule has 4 rings (SSSR count). The molecule has 2 aromatic carbocycles. The number of hydrogen-bond acceptors (Lipinski definition) is 5. The molecular weight excluding hydrogens is 494 g/mol. The van der Waals surface area contributed by atoms with Crippen molar-refractivity contribution in [3.63, 3.8) is 0 Å². The minimum atomic E-state index is -4.57. The van der Waals surface area contributed by atoms with Crippen molar-refractivity contribution < 1.29 is 22.3 Å². The van der Waals surface area contributed by atoms with Crippen LogP contribution in [-0.2, 0) is 18.5 Å². The summed E-state index contributed by atoms with van der Waals surface area (Å²) in [4.78, 5) is 21.2. The standard InChI is InChI=1S/C23H20ClF4N3O2S/c24-20-6-5-18(9-19(20)23(26,27)28)33-17-3-1-14(2-4-17)13-34-22-29-10-15(21(32)30-22)11-31-8-7-16(25)12-31/h1-6,9-10,16H,7-8,11-13H2,(H,29,30,32)/t16-/m0/s1. The molecule has 0 radical (unpaired) electrons. The van der Waals surface area contributed by atoms with Crippen LogP contribution in [0.4, 0.5) is 17.6 Å². The van der Waals surface area contributed by atoms with Crippen LogP contribution in [0.25, 0.3) is 0 Å². The Kier molecular flexibility index (Phi) is 7.49. The van der Waals surface area contributed by atoms with Gasteiger partial charge in [-0.3, -0.25) is 9.69 Å². The zero-order valence-electron chi connectivity index (χ0n) is 17.7. The molecule has 3 aromatic rings. The first-order valence-electron chi connectivity index (χ1n) is 10.4. The molecular formula is C23H20ClF4N3O2S. The van der Waals surface area contributed by atoms with Gasteiger partial charge in [0.05, 0.1) is 10.6 Å². The van der Waals surface area contributed by atoms with Gasteiger partial charge in [-0.05, 0) is 42.3 Å². The third kappa shape index (κ3) is 6.31. The average molecular weight is 514 g/mol. The van der Waals surface area contributed by atoms with Crippen LogP contribution >= 0.6 is 23.4 Å². The highest BCUT2D eigenvalue weighted by Gasteiger charge is 2.33. The number of thioether (sulfide) groups is 1. The fraction of sp³-hybridized carbons (Fsp3) is 0.304. The van der Waals surface area contributed by atoms with Crippen LogP contribution in [0.15, 0.2) is 58.6 Å². The summed E-state index contributed by atoms with van der Waals surface area (Å²) in [7, 11) is 0. The highest BCUT2D eigenvalue weighted by molar-refractivity contribution is 7.98. The number of aromatic amines is 1. The van der Waals surface area contributed by atoms with Crippen molar-refractivity contribution in [3.05, 3.63) is 80.7 Å². The summed E-state index contributed by atoms with van der Waals surface area (Å²) >= 11 is 6.97. The third-order valence-electron chi connectivity index (χ3n) is 5.23. The fourth-order valence-corrected chi connectivity index (χ4v) is 4.50. The zero-order chi connectivity index (χ0) is 24.3. The molecule has 11 heteroatoms. The van der Waals surface area contributed by atoms with Crippen LogP contribution in [0.1, 0.15) is 23.1 Å². The Balaban J connectivity index is 1.34. The van der Waals surface area contributed by atoms with Gasteiger partial charge in [0, 0.05) is 37.1 Å². The minimum absolute atomic E-state index is 0.0247. The van der Waals surface area contributed by atoms with E-state index < -0.39 is 22.9 Å². The average Bonchev–Trinajstić information content (AvgIpc) is 3.20. The molecule has 1 saturated heterocycles. The molecule has 1 aliphatic rings. The second-order valence-electron chi connectivity index (χ2n) is 7.83. The van der Waals surface area contributed by atoms with Crippen molar-refractivity contribution in [2.75, 3.05) is 13.1 Å². The monoisotopic (exact) mass is 513 g/mol. The molecule has 1 aromatic heterocycles. The normalized spacial score (nSPS) is 16.7. The maximum absolute atomic E-state index is 13.3. The van der Waals surface area contributed by atoms with Gasteiger partial charge in [0.15, 0.2) is 5.16 Å². The van der Waals surface area contributed by atoms with Crippen molar-refractivity contribution >= 4 is 23.4 Å². The van der Waals surface area contributed by atoms with E-state index in [9.17, 15) is 22.4 Å². The van der Waals surface area contributed by atoms with Crippen molar-refractivity contribution in [3.8, 4) is 11.5 Å². The Bertz CT molecular complexity index is 1200. The first-order chi connectivity index (χ1) is 16.2. The zero-order valence-corrected chi connectivity index (χ0v) is 19.3. The lowest BCUT2D eigenvalue weighted by molar-refractivity contribution is -0.137. The first-order valence-corrected chi connectivity index (χ1v) is 11.7. The van der Waals surface area contributed by atoms with Gasteiger partial charge in [0.25, 0.3) is 5.56 Å². The number of nitrogens with one attached hydrogen (secondary N) is 1. The summed E-state index contributed by atoms with van der Waals surface area (Å²) in [5.41, 5.74) is 0.103. The smallest absolute Gasteiger partial charge is 0.417 e. The number of nitrogens with zero attached hydrogens (tertiary/aromatic N) is 2. The number of ether oxygens (including phenoxy) is 1. The molecule has 1 atom stereocenters. The predicted octanol–water partition coefficient (Wildman–Crippen LogP) is 6.07. The fourth-order valence-electron chi connectivity index (χ4n) is 3.49. The Hall–Kier alpha value is -2.56. The Labute approximate surface area is 202 Å². The topological polar surface area (TPSA) is 58.2 Å². The summed E-state index contributed by atoms with van der Waals surface area (Å²) in [6, 6.07) is 10.2. The maximum atomic E-state index is 13.3. The summed E-state index contributed by atoms with van der Waals surface area (Å²) in [6.07, 6.45) is -3.32. The summed E-state index contributed by atoms with van der Waals surface area (Å²) in [5, 5.41) is 0.0658. The predicted molar refractivity (Wildman–Crippen MR) is 122 cm³/mol. The maximum Gasteiger partial charge on any atom is 0.417 e. The van der Waals surface area contributed by atoms with Gasteiger partial charge >= 0.3 is 6.18 Å². The number of rotatable bonds is 7. The van der Waals surface area contributed by atoms with Crippen LogP contribution < -0.4 is 10.3 Å². The number of H-pyrrole nitrogens is 1. The van der Waals surface area contributed by atoms with Crippen LogP contribution in [-0.4, -0.2) is 34.1 Å². The largest absolute Gasteiger partial charge is 0.457 e. The number of aromatic nitrogens is 2. The number of alkyl halides is 4. The number of benzene rings is 2. The molecule has 180 valence electrons. The van der Waals surface area contributed by atoms with E-state index in [4.69, 9.17) is 16.3 Å². The molecule has 0 saturated carbocycles. The molecule has 1 N–H and O–H groups in total. The third-order valence-corrected chi connectivity index (χ3v) is 6.52. The Morgan fingerprint density at radius 2 is 1.91 bits per heavy atom. The SMILES string of the molecule is O=c1nc(SCc2ccc(Oc3ccc(Cl)c(C(F)(F)F)c3)cc2)[nH]cc1CN1CC[C@H](F)C1. The number of hydrogen-bond donors (Lipinski definition) is 1. The molecule has 1 aliphatic heterocycles. The summed E-state index contributed by atoms with van der Waals surface area (Å²) in [6.45, 7) is 1.32. The van der Waals surface area contributed by atoms with Crippen LogP contribution in [0, 0.1) is 0 Å². The van der Waals surface area contributed by atoms with Gasteiger partial charge in [-0.1, -0.05) is 35.5 Å². The van der Waals surface area contributed by atoms with E-state index in [1.807, 2.05) is 4.90 Å². The van der Waals surface area contributed by atoms with E-state index in [1.54, 1.807) is 30.5 Å².